The summed E-state index contributed by atoms with van der Waals surface area (Å²) >= 11 is 0. The Morgan fingerprint density at radius 2 is 2.00 bits per heavy atom. The minimum Gasteiger partial charge on any atom is -0.366 e. The van der Waals surface area contributed by atoms with Gasteiger partial charge in [0.05, 0.1) is 5.69 Å². The summed E-state index contributed by atoms with van der Waals surface area (Å²) in [6.07, 6.45) is 4.60. The number of hydrogen-bond acceptors (Lipinski definition) is 5. The molecule has 0 saturated heterocycles. The number of hydrogen-bond donors (Lipinski definition) is 2. The van der Waals surface area contributed by atoms with Crippen LogP contribution in [-0.4, -0.2) is 20.9 Å². The third kappa shape index (κ3) is 4.31. The smallest absolute Gasteiger partial charge is 0.274 e. The van der Waals surface area contributed by atoms with Crippen molar-refractivity contribution in [3.8, 4) is 0 Å². The lowest BCUT2D eigenvalue weighted by molar-refractivity contribution is 0.102. The standard InChI is InChI=1S/C17H13F2N5O/c18-12-3-4-14(13(19)6-12)24-17(25)15-7-16(23-10-22-15)21-9-11-2-1-5-20-8-11/h1-8,10H,9H2,(H,24,25)(H,21,22,23). The maximum absolute atomic E-state index is 13.6. The van der Waals surface area contributed by atoms with Gasteiger partial charge >= 0.3 is 0 Å². The number of nitrogens with one attached hydrogen (secondary N) is 2. The first-order valence-electron chi connectivity index (χ1n) is 7.33. The number of halogens is 2. The molecule has 126 valence electrons. The van der Waals surface area contributed by atoms with E-state index >= 15 is 0 Å². The van der Waals surface area contributed by atoms with Gasteiger partial charge in [0.1, 0.15) is 29.5 Å². The molecule has 2 N–H and O–H groups in total. The van der Waals surface area contributed by atoms with Crippen molar-refractivity contribution in [1.82, 2.24) is 15.0 Å². The number of amides is 1. The van der Waals surface area contributed by atoms with E-state index in [1.165, 1.54) is 12.4 Å². The fraction of sp³-hybridized carbons (Fsp3) is 0.0588. The molecule has 0 aliphatic heterocycles. The van der Waals surface area contributed by atoms with Crippen LogP contribution in [0.2, 0.25) is 0 Å². The Kier molecular flexibility index (Phi) is 4.89. The average Bonchev–Trinajstić information content (AvgIpc) is 2.63. The third-order valence-corrected chi connectivity index (χ3v) is 3.28. The second-order valence-corrected chi connectivity index (χ2v) is 5.08. The number of nitrogens with zero attached hydrogens (tertiary/aromatic N) is 3. The summed E-state index contributed by atoms with van der Waals surface area (Å²) in [5.74, 6) is -1.78. The molecule has 0 atom stereocenters. The summed E-state index contributed by atoms with van der Waals surface area (Å²) in [4.78, 5) is 24.1. The molecule has 0 unspecified atom stereocenters. The van der Waals surface area contributed by atoms with Gasteiger partial charge in [-0.05, 0) is 23.8 Å². The monoisotopic (exact) mass is 341 g/mol. The first-order valence-corrected chi connectivity index (χ1v) is 7.33. The largest absolute Gasteiger partial charge is 0.366 e. The molecule has 1 amide bonds. The van der Waals surface area contributed by atoms with Crippen molar-refractivity contribution in [1.29, 1.82) is 0 Å². The molecule has 25 heavy (non-hydrogen) atoms. The number of anilines is 2. The second-order valence-electron chi connectivity index (χ2n) is 5.08. The Balaban J connectivity index is 1.69. The summed E-state index contributed by atoms with van der Waals surface area (Å²) in [6, 6.07) is 8.04. The lowest BCUT2D eigenvalue weighted by Crippen LogP contribution is -2.15. The first kappa shape index (κ1) is 16.4. The Morgan fingerprint density at radius 1 is 1.12 bits per heavy atom. The quantitative estimate of drug-likeness (QED) is 0.746. The molecule has 2 aromatic heterocycles. The fourth-order valence-corrected chi connectivity index (χ4v) is 2.05. The van der Waals surface area contributed by atoms with Crippen molar-refractivity contribution >= 4 is 17.4 Å². The van der Waals surface area contributed by atoms with Crippen molar-refractivity contribution in [2.75, 3.05) is 10.6 Å². The van der Waals surface area contributed by atoms with Crippen LogP contribution < -0.4 is 10.6 Å². The molecule has 2 heterocycles. The van der Waals surface area contributed by atoms with Crippen molar-refractivity contribution in [2.45, 2.75) is 6.54 Å². The molecule has 6 nitrogen and oxygen atoms in total. The molecule has 0 aliphatic carbocycles. The van der Waals surface area contributed by atoms with Crippen LogP contribution in [0.4, 0.5) is 20.3 Å². The molecule has 0 bridgehead atoms. The summed E-state index contributed by atoms with van der Waals surface area (Å²) in [5, 5.41) is 5.39. The molecule has 1 aromatic carbocycles. The van der Waals surface area contributed by atoms with Gasteiger partial charge in [0.15, 0.2) is 0 Å². The third-order valence-electron chi connectivity index (χ3n) is 3.28. The van der Waals surface area contributed by atoms with Crippen LogP contribution in [0.1, 0.15) is 16.1 Å². The fourth-order valence-electron chi connectivity index (χ4n) is 2.05. The van der Waals surface area contributed by atoms with E-state index in [1.807, 2.05) is 12.1 Å². The zero-order valence-corrected chi connectivity index (χ0v) is 12.9. The number of aromatic nitrogens is 3. The molecule has 0 fully saturated rings. The van der Waals surface area contributed by atoms with E-state index in [9.17, 15) is 13.6 Å². The molecule has 3 aromatic rings. The predicted molar refractivity (Wildman–Crippen MR) is 87.9 cm³/mol. The second kappa shape index (κ2) is 7.43. The Labute approximate surface area is 142 Å². The SMILES string of the molecule is O=C(Nc1ccc(F)cc1F)c1cc(NCc2cccnc2)ncn1. The molecular weight excluding hydrogens is 328 g/mol. The highest BCUT2D eigenvalue weighted by molar-refractivity contribution is 6.03. The maximum atomic E-state index is 13.6. The van der Waals surface area contributed by atoms with Gasteiger partial charge in [-0.2, -0.15) is 0 Å². The molecular formula is C17H13F2N5O. The van der Waals surface area contributed by atoms with Gasteiger partial charge < -0.3 is 10.6 Å². The zero-order chi connectivity index (χ0) is 17.6. The molecule has 0 saturated carbocycles. The van der Waals surface area contributed by atoms with Crippen LogP contribution in [-0.2, 0) is 6.54 Å². The number of pyridine rings is 1. The first-order chi connectivity index (χ1) is 12.1. The highest BCUT2D eigenvalue weighted by Gasteiger charge is 2.12. The van der Waals surface area contributed by atoms with Crippen molar-refractivity contribution < 1.29 is 13.6 Å². The normalized spacial score (nSPS) is 10.3. The number of benzene rings is 1. The molecule has 0 spiro atoms. The van der Waals surface area contributed by atoms with Crippen LogP contribution in [0.25, 0.3) is 0 Å². The molecule has 0 aliphatic rings. The average molecular weight is 341 g/mol. The van der Waals surface area contributed by atoms with Crippen molar-refractivity contribution in [2.24, 2.45) is 0 Å². The number of carbonyl (C=O) groups excluding carboxylic acids is 1. The van der Waals surface area contributed by atoms with Crippen LogP contribution in [0, 0.1) is 11.6 Å². The molecule has 8 heteroatoms. The van der Waals surface area contributed by atoms with Crippen LogP contribution >= 0.6 is 0 Å². The Bertz CT molecular complexity index is 889. The predicted octanol–water partition coefficient (Wildman–Crippen LogP) is 3.01. The van der Waals surface area contributed by atoms with Crippen molar-refractivity contribution in [3.63, 3.8) is 0 Å². The Morgan fingerprint density at radius 3 is 2.76 bits per heavy atom. The summed E-state index contributed by atoms with van der Waals surface area (Å²) < 4.78 is 26.5. The van der Waals surface area contributed by atoms with Gasteiger partial charge in [0, 0.05) is 31.1 Å². The van der Waals surface area contributed by atoms with Gasteiger partial charge in [0.25, 0.3) is 5.91 Å². The van der Waals surface area contributed by atoms with E-state index in [2.05, 4.69) is 25.6 Å². The Hall–Kier alpha value is -3.42. The zero-order valence-electron chi connectivity index (χ0n) is 12.9. The maximum Gasteiger partial charge on any atom is 0.274 e. The summed E-state index contributed by atoms with van der Waals surface area (Å²) in [5.41, 5.74) is 0.864. The van der Waals surface area contributed by atoms with Crippen molar-refractivity contribution in [3.05, 3.63) is 78.0 Å². The lowest BCUT2D eigenvalue weighted by atomic mass is 10.2. The van der Waals surface area contributed by atoms with E-state index in [4.69, 9.17) is 0 Å². The summed E-state index contributed by atoms with van der Waals surface area (Å²) in [6.45, 7) is 0.471. The van der Waals surface area contributed by atoms with E-state index in [-0.39, 0.29) is 11.4 Å². The lowest BCUT2D eigenvalue weighted by Gasteiger charge is -2.08. The number of carbonyl (C=O) groups is 1. The van der Waals surface area contributed by atoms with Gasteiger partial charge in [-0.3, -0.25) is 9.78 Å². The summed E-state index contributed by atoms with van der Waals surface area (Å²) in [7, 11) is 0. The van der Waals surface area contributed by atoms with E-state index in [1.54, 1.807) is 12.4 Å². The van der Waals surface area contributed by atoms with Crippen LogP contribution in [0.3, 0.4) is 0 Å². The highest BCUT2D eigenvalue weighted by atomic mass is 19.1. The minimum atomic E-state index is -0.864. The minimum absolute atomic E-state index is 0.0485. The van der Waals surface area contributed by atoms with E-state index in [0.717, 1.165) is 17.7 Å². The highest BCUT2D eigenvalue weighted by Crippen LogP contribution is 2.16. The van der Waals surface area contributed by atoms with E-state index in [0.29, 0.717) is 18.4 Å². The topological polar surface area (TPSA) is 79.8 Å². The van der Waals surface area contributed by atoms with Gasteiger partial charge in [-0.1, -0.05) is 6.07 Å². The van der Waals surface area contributed by atoms with E-state index < -0.39 is 17.5 Å². The van der Waals surface area contributed by atoms with Gasteiger partial charge in [-0.15, -0.1) is 0 Å². The van der Waals surface area contributed by atoms with Crippen LogP contribution in [0.5, 0.6) is 0 Å². The molecule has 3 rings (SSSR count). The van der Waals surface area contributed by atoms with Gasteiger partial charge in [-0.25, -0.2) is 18.7 Å². The molecule has 0 radical (unpaired) electrons. The number of rotatable bonds is 5. The van der Waals surface area contributed by atoms with Gasteiger partial charge in [0.2, 0.25) is 0 Å². The van der Waals surface area contributed by atoms with Crippen LogP contribution in [0.15, 0.2) is 55.1 Å².